The molecule has 0 bridgehead atoms. The van der Waals surface area contributed by atoms with Crippen LogP contribution in [-0.2, 0) is 5.54 Å². The Morgan fingerprint density at radius 1 is 1.47 bits per heavy atom. The molecule has 2 N–H and O–H groups in total. The molecule has 1 aliphatic heterocycles. The maximum absolute atomic E-state index is 11.6. The predicted octanol–water partition coefficient (Wildman–Crippen LogP) is 2.96. The summed E-state index contributed by atoms with van der Waals surface area (Å²) in [7, 11) is 0. The Balaban J connectivity index is 2.69. The zero-order chi connectivity index (χ0) is 12.6. The van der Waals surface area contributed by atoms with Crippen LogP contribution in [0.5, 0.6) is 0 Å². The van der Waals surface area contributed by atoms with Crippen molar-refractivity contribution in [3.8, 4) is 12.3 Å². The summed E-state index contributed by atoms with van der Waals surface area (Å²) in [5.74, 6) is 2.77. The van der Waals surface area contributed by atoms with E-state index in [1.54, 1.807) is 18.2 Å². The van der Waals surface area contributed by atoms with Gasteiger partial charge in [-0.1, -0.05) is 31.4 Å². The molecule has 0 aliphatic carbocycles. The van der Waals surface area contributed by atoms with Crippen LogP contribution in [0.3, 0.4) is 0 Å². The lowest BCUT2D eigenvalue weighted by Crippen LogP contribution is -2.53. The van der Waals surface area contributed by atoms with Gasteiger partial charge in [0.2, 0.25) is 0 Å². The number of rotatable bonds is 1. The van der Waals surface area contributed by atoms with Gasteiger partial charge in [-0.3, -0.25) is 0 Å². The second-order valence-corrected chi connectivity index (χ2v) is 4.81. The van der Waals surface area contributed by atoms with Gasteiger partial charge < -0.3 is 10.6 Å². The fourth-order valence-electron chi connectivity index (χ4n) is 2.09. The molecule has 1 aliphatic rings. The minimum absolute atomic E-state index is 0.0655. The number of hydrogen-bond donors (Lipinski definition) is 2. The van der Waals surface area contributed by atoms with Gasteiger partial charge in [-0.05, 0) is 24.1 Å². The first-order chi connectivity index (χ1) is 7.99. The van der Waals surface area contributed by atoms with Crippen LogP contribution in [0, 0.1) is 18.3 Å². The maximum Gasteiger partial charge on any atom is 0.320 e. The fourth-order valence-corrected chi connectivity index (χ4v) is 2.26. The van der Waals surface area contributed by atoms with E-state index in [9.17, 15) is 4.79 Å². The van der Waals surface area contributed by atoms with Crippen LogP contribution in [-0.4, -0.2) is 6.03 Å². The Kier molecular flexibility index (Phi) is 2.76. The highest BCUT2D eigenvalue weighted by Gasteiger charge is 2.40. The molecule has 0 saturated heterocycles. The number of urea groups is 1. The third-order valence-electron chi connectivity index (χ3n) is 3.06. The van der Waals surface area contributed by atoms with Crippen molar-refractivity contribution >= 4 is 23.3 Å². The number of halogens is 1. The predicted molar refractivity (Wildman–Crippen MR) is 69.0 cm³/mol. The van der Waals surface area contributed by atoms with Crippen molar-refractivity contribution in [1.82, 2.24) is 5.32 Å². The number of carbonyl (C=O) groups is 1. The number of amides is 2. The monoisotopic (exact) mass is 248 g/mol. The molecule has 88 valence electrons. The normalized spacial score (nSPS) is 22.4. The second kappa shape index (κ2) is 3.97. The Bertz CT molecular complexity index is 519. The molecular weight excluding hydrogens is 236 g/mol. The number of anilines is 1. The number of terminal acetylenes is 1. The van der Waals surface area contributed by atoms with Crippen molar-refractivity contribution in [2.24, 2.45) is 5.92 Å². The van der Waals surface area contributed by atoms with Gasteiger partial charge in [0, 0.05) is 16.3 Å². The van der Waals surface area contributed by atoms with E-state index in [2.05, 4.69) is 16.6 Å². The summed E-state index contributed by atoms with van der Waals surface area (Å²) in [6, 6.07) is 5.01. The zero-order valence-corrected chi connectivity index (χ0v) is 10.4. The van der Waals surface area contributed by atoms with Gasteiger partial charge in [-0.15, -0.1) is 6.42 Å². The van der Waals surface area contributed by atoms with E-state index in [1.807, 2.05) is 13.8 Å². The Morgan fingerprint density at radius 2 is 2.18 bits per heavy atom. The Morgan fingerprint density at radius 3 is 2.76 bits per heavy atom. The highest BCUT2D eigenvalue weighted by molar-refractivity contribution is 6.30. The zero-order valence-electron chi connectivity index (χ0n) is 9.67. The van der Waals surface area contributed by atoms with Gasteiger partial charge in [0.1, 0.15) is 5.54 Å². The molecule has 0 radical (unpaired) electrons. The van der Waals surface area contributed by atoms with Crippen molar-refractivity contribution in [2.75, 3.05) is 5.32 Å². The molecule has 17 heavy (non-hydrogen) atoms. The lowest BCUT2D eigenvalue weighted by molar-refractivity contribution is 0.232. The van der Waals surface area contributed by atoms with Crippen LogP contribution in [0.25, 0.3) is 0 Å². The second-order valence-electron chi connectivity index (χ2n) is 4.38. The molecule has 0 fully saturated rings. The lowest BCUT2D eigenvalue weighted by atomic mass is 9.78. The van der Waals surface area contributed by atoms with Crippen molar-refractivity contribution in [1.29, 1.82) is 0 Å². The number of hydrogen-bond acceptors (Lipinski definition) is 1. The minimum Gasteiger partial charge on any atom is -0.317 e. The topological polar surface area (TPSA) is 41.1 Å². The summed E-state index contributed by atoms with van der Waals surface area (Å²) in [6.45, 7) is 3.94. The van der Waals surface area contributed by atoms with Crippen molar-refractivity contribution in [2.45, 2.75) is 19.4 Å². The van der Waals surface area contributed by atoms with Gasteiger partial charge in [-0.2, -0.15) is 0 Å². The third-order valence-corrected chi connectivity index (χ3v) is 3.29. The van der Waals surface area contributed by atoms with Crippen molar-refractivity contribution in [3.05, 3.63) is 28.8 Å². The highest BCUT2D eigenvalue weighted by Crippen LogP contribution is 2.38. The maximum atomic E-state index is 11.6. The third kappa shape index (κ3) is 1.75. The number of nitrogens with one attached hydrogen (secondary N) is 2. The number of fused-ring (bicyclic) bond motifs is 1. The average Bonchev–Trinajstić information content (AvgIpc) is 2.28. The van der Waals surface area contributed by atoms with Crippen LogP contribution in [0.1, 0.15) is 19.4 Å². The average molecular weight is 249 g/mol. The van der Waals surface area contributed by atoms with Crippen LogP contribution in [0.15, 0.2) is 18.2 Å². The molecule has 1 aromatic rings. The molecule has 4 heteroatoms. The van der Waals surface area contributed by atoms with E-state index in [-0.39, 0.29) is 11.9 Å². The van der Waals surface area contributed by atoms with E-state index in [1.165, 1.54) is 0 Å². The van der Waals surface area contributed by atoms with Crippen LogP contribution in [0.4, 0.5) is 10.5 Å². The summed E-state index contributed by atoms with van der Waals surface area (Å²) in [6.07, 6.45) is 5.63. The Hall–Kier alpha value is -1.66. The van der Waals surface area contributed by atoms with E-state index in [0.29, 0.717) is 10.7 Å². The molecule has 1 unspecified atom stereocenters. The van der Waals surface area contributed by atoms with Gasteiger partial charge >= 0.3 is 6.03 Å². The molecule has 0 saturated carbocycles. The first-order valence-corrected chi connectivity index (χ1v) is 5.74. The standard InChI is InChI=1S/C13H13ClN2O/c1-4-13(8(2)3)10-7-9(14)5-6-11(10)15-12(17)16-13/h1,5-8H,2-3H3,(H2,15,16,17). The summed E-state index contributed by atoms with van der Waals surface area (Å²) < 4.78 is 0. The molecule has 2 amide bonds. The smallest absolute Gasteiger partial charge is 0.317 e. The van der Waals surface area contributed by atoms with E-state index in [4.69, 9.17) is 18.0 Å². The highest BCUT2D eigenvalue weighted by atomic mass is 35.5. The van der Waals surface area contributed by atoms with Crippen LogP contribution < -0.4 is 10.6 Å². The molecule has 1 aromatic carbocycles. The largest absolute Gasteiger partial charge is 0.320 e. The fraction of sp³-hybridized carbons (Fsp3) is 0.308. The molecule has 2 rings (SSSR count). The van der Waals surface area contributed by atoms with Crippen LogP contribution >= 0.6 is 11.6 Å². The van der Waals surface area contributed by atoms with E-state index in [0.717, 1.165) is 5.56 Å². The van der Waals surface area contributed by atoms with Gasteiger partial charge in [0.05, 0.1) is 0 Å². The van der Waals surface area contributed by atoms with Crippen molar-refractivity contribution in [3.63, 3.8) is 0 Å². The summed E-state index contributed by atoms with van der Waals surface area (Å²) in [4.78, 5) is 11.6. The van der Waals surface area contributed by atoms with Crippen molar-refractivity contribution < 1.29 is 4.79 Å². The molecule has 0 spiro atoms. The first kappa shape index (κ1) is 11.8. The number of carbonyl (C=O) groups excluding carboxylic acids is 1. The van der Waals surface area contributed by atoms with Gasteiger partial charge in [-0.25, -0.2) is 4.79 Å². The van der Waals surface area contributed by atoms with Gasteiger partial charge in [0.25, 0.3) is 0 Å². The SMILES string of the molecule is C#CC1(C(C)C)NC(=O)Nc2ccc(Cl)cc21. The summed E-state index contributed by atoms with van der Waals surface area (Å²) in [5.41, 5.74) is 0.745. The van der Waals surface area contributed by atoms with E-state index >= 15 is 0 Å². The summed E-state index contributed by atoms with van der Waals surface area (Å²) >= 11 is 5.99. The molecular formula is C13H13ClN2O. The molecule has 3 nitrogen and oxygen atoms in total. The molecule has 1 heterocycles. The quantitative estimate of drug-likeness (QED) is 0.737. The molecule has 0 aromatic heterocycles. The lowest BCUT2D eigenvalue weighted by Gasteiger charge is -2.39. The van der Waals surface area contributed by atoms with Crippen LogP contribution in [0.2, 0.25) is 5.02 Å². The van der Waals surface area contributed by atoms with E-state index < -0.39 is 5.54 Å². The van der Waals surface area contributed by atoms with Gasteiger partial charge in [0.15, 0.2) is 0 Å². The molecule has 1 atom stereocenters. The number of benzene rings is 1. The summed E-state index contributed by atoms with van der Waals surface area (Å²) in [5, 5.41) is 6.14. The first-order valence-electron chi connectivity index (χ1n) is 5.36. The Labute approximate surface area is 106 Å². The minimum atomic E-state index is -0.803.